The lowest BCUT2D eigenvalue weighted by atomic mass is 9.82. The number of furan rings is 1. The van der Waals surface area contributed by atoms with E-state index in [0.717, 1.165) is 11.2 Å². The van der Waals surface area contributed by atoms with Crippen LogP contribution < -0.4 is 4.57 Å². The summed E-state index contributed by atoms with van der Waals surface area (Å²) in [6.07, 6.45) is 2.28. The van der Waals surface area contributed by atoms with Gasteiger partial charge in [-0.1, -0.05) is 64.1 Å². The minimum absolute atomic E-state index is 0.0337. The average Bonchev–Trinajstić information content (AvgIpc) is 3.26. The largest absolute Gasteiger partial charge is 0.455 e. The number of rotatable bonds is 2. The quantitative estimate of drug-likeness (QED) is 0.250. The fraction of sp³-hybridized carbons (Fsp3) is 0.281. The Hall–Kier alpha value is -3.39. The molecule has 0 spiro atoms. The van der Waals surface area contributed by atoms with Gasteiger partial charge in [0.25, 0.3) is 0 Å². The van der Waals surface area contributed by atoms with Gasteiger partial charge in [-0.2, -0.15) is 0 Å². The van der Waals surface area contributed by atoms with Crippen LogP contribution in [0.2, 0.25) is 0 Å². The molecule has 2 nitrogen and oxygen atoms in total. The van der Waals surface area contributed by atoms with Crippen LogP contribution in [-0.4, -0.2) is 0 Å². The molecule has 6 rings (SSSR count). The Bertz CT molecular complexity index is 1630. The van der Waals surface area contributed by atoms with Crippen molar-refractivity contribution in [3.8, 4) is 22.4 Å². The summed E-state index contributed by atoms with van der Waals surface area (Å²) in [5.74, 6) is 0.497. The molecule has 0 amide bonds. The summed E-state index contributed by atoms with van der Waals surface area (Å²) in [5, 5.41) is 2.38. The zero-order chi connectivity index (χ0) is 23.9. The molecule has 0 fully saturated rings. The summed E-state index contributed by atoms with van der Waals surface area (Å²) in [4.78, 5) is 0. The van der Waals surface area contributed by atoms with Crippen molar-refractivity contribution in [1.29, 1.82) is 0 Å². The van der Waals surface area contributed by atoms with E-state index in [2.05, 4.69) is 114 Å². The molecular weight excluding hydrogens is 414 g/mol. The van der Waals surface area contributed by atoms with Gasteiger partial charge in [-0.25, -0.2) is 4.57 Å². The summed E-state index contributed by atoms with van der Waals surface area (Å²) in [6, 6.07) is 20.2. The minimum atomic E-state index is -0.0337. The first-order valence-corrected chi connectivity index (χ1v) is 12.3. The Labute approximate surface area is 201 Å². The molecule has 3 aromatic carbocycles. The third kappa shape index (κ3) is 2.78. The van der Waals surface area contributed by atoms with E-state index in [-0.39, 0.29) is 5.41 Å². The Morgan fingerprint density at radius 3 is 2.35 bits per heavy atom. The average molecular weight is 447 g/mol. The van der Waals surface area contributed by atoms with Crippen LogP contribution in [0.3, 0.4) is 0 Å². The summed E-state index contributed by atoms with van der Waals surface area (Å²) < 4.78 is 8.96. The third-order valence-corrected chi connectivity index (χ3v) is 7.95. The molecule has 0 bridgehead atoms. The van der Waals surface area contributed by atoms with Crippen molar-refractivity contribution in [2.75, 3.05) is 0 Å². The van der Waals surface area contributed by atoms with Gasteiger partial charge in [0.2, 0.25) is 5.69 Å². The minimum Gasteiger partial charge on any atom is -0.455 e. The molecule has 34 heavy (non-hydrogen) atoms. The summed E-state index contributed by atoms with van der Waals surface area (Å²) in [5.41, 5.74) is 13.7. The highest BCUT2D eigenvalue weighted by Crippen LogP contribution is 2.51. The maximum Gasteiger partial charge on any atom is 0.216 e. The van der Waals surface area contributed by atoms with Crippen molar-refractivity contribution in [2.45, 2.75) is 52.9 Å². The Balaban J connectivity index is 1.65. The zero-order valence-corrected chi connectivity index (χ0v) is 21.2. The monoisotopic (exact) mass is 446 g/mol. The van der Waals surface area contributed by atoms with Gasteiger partial charge in [0.15, 0.2) is 6.20 Å². The first-order chi connectivity index (χ1) is 16.2. The molecule has 0 unspecified atom stereocenters. The maximum absolute atomic E-state index is 6.70. The molecule has 0 atom stereocenters. The number of fused-ring (bicyclic) bond motifs is 6. The number of benzene rings is 3. The Morgan fingerprint density at radius 2 is 1.59 bits per heavy atom. The van der Waals surface area contributed by atoms with Crippen molar-refractivity contribution >= 4 is 21.9 Å². The SMILES string of the molecule is Cc1cc(-c2c(C)ccc3c2oc2cc4c(cc23)-c2ccccc2C4(C)C)[n+](C)cc1C(C)C. The number of hydrogen-bond acceptors (Lipinski definition) is 1. The van der Waals surface area contributed by atoms with Crippen molar-refractivity contribution in [2.24, 2.45) is 7.05 Å². The van der Waals surface area contributed by atoms with Gasteiger partial charge < -0.3 is 4.42 Å². The van der Waals surface area contributed by atoms with Crippen LogP contribution in [0.1, 0.15) is 61.4 Å². The highest BCUT2D eigenvalue weighted by molar-refractivity contribution is 6.11. The molecule has 170 valence electrons. The summed E-state index contributed by atoms with van der Waals surface area (Å²) in [6.45, 7) is 13.6. The Kier molecular flexibility index (Phi) is 4.39. The molecular formula is C32H32NO+. The van der Waals surface area contributed by atoms with E-state index in [0.29, 0.717) is 5.92 Å². The topological polar surface area (TPSA) is 17.0 Å². The molecule has 1 aliphatic carbocycles. The van der Waals surface area contributed by atoms with E-state index in [1.54, 1.807) is 0 Å². The highest BCUT2D eigenvalue weighted by atomic mass is 16.3. The Morgan fingerprint density at radius 1 is 0.824 bits per heavy atom. The third-order valence-electron chi connectivity index (χ3n) is 7.95. The van der Waals surface area contributed by atoms with E-state index in [1.165, 1.54) is 61.0 Å². The fourth-order valence-electron chi connectivity index (χ4n) is 6.07. The predicted octanol–water partition coefficient (Wildman–Crippen LogP) is 8.12. The lowest BCUT2D eigenvalue weighted by molar-refractivity contribution is -0.660. The summed E-state index contributed by atoms with van der Waals surface area (Å²) >= 11 is 0. The molecule has 0 saturated heterocycles. The number of hydrogen-bond donors (Lipinski definition) is 0. The zero-order valence-electron chi connectivity index (χ0n) is 21.2. The van der Waals surface area contributed by atoms with E-state index in [1.807, 2.05) is 0 Å². The molecule has 2 heterocycles. The van der Waals surface area contributed by atoms with Crippen LogP contribution in [0.4, 0.5) is 0 Å². The van der Waals surface area contributed by atoms with Crippen LogP contribution in [-0.2, 0) is 12.5 Å². The van der Waals surface area contributed by atoms with E-state index >= 15 is 0 Å². The van der Waals surface area contributed by atoms with Gasteiger partial charge in [0.05, 0.1) is 5.56 Å². The fourth-order valence-corrected chi connectivity index (χ4v) is 6.07. The van der Waals surface area contributed by atoms with E-state index in [9.17, 15) is 0 Å². The second-order valence-corrected chi connectivity index (χ2v) is 10.9. The van der Waals surface area contributed by atoms with Gasteiger partial charge in [-0.15, -0.1) is 0 Å². The van der Waals surface area contributed by atoms with Crippen molar-refractivity contribution < 1.29 is 8.98 Å². The smallest absolute Gasteiger partial charge is 0.216 e. The van der Waals surface area contributed by atoms with Crippen molar-refractivity contribution in [1.82, 2.24) is 0 Å². The van der Waals surface area contributed by atoms with Crippen LogP contribution in [0.5, 0.6) is 0 Å². The molecule has 0 aliphatic heterocycles. The standard InChI is InChI=1S/C32H32NO/c1-18(2)25-17-33(7)28(14-20(25)4)30-19(3)12-13-22-24-15-23-21-10-8-9-11-26(21)32(5,6)27(23)16-29(24)34-31(22)30/h8-18H,1-7H3/q+1. The summed E-state index contributed by atoms with van der Waals surface area (Å²) in [7, 11) is 2.15. The number of pyridine rings is 1. The van der Waals surface area contributed by atoms with Crippen molar-refractivity contribution in [3.05, 3.63) is 88.6 Å². The van der Waals surface area contributed by atoms with Gasteiger partial charge >= 0.3 is 0 Å². The number of aryl methyl sites for hydroxylation is 3. The highest BCUT2D eigenvalue weighted by Gasteiger charge is 2.36. The molecule has 0 radical (unpaired) electrons. The molecule has 0 N–H and O–H groups in total. The van der Waals surface area contributed by atoms with Crippen LogP contribution in [0.25, 0.3) is 44.3 Å². The molecule has 1 aliphatic rings. The molecule has 2 aromatic heterocycles. The van der Waals surface area contributed by atoms with Gasteiger partial charge in [-0.3, -0.25) is 0 Å². The van der Waals surface area contributed by atoms with E-state index < -0.39 is 0 Å². The molecule has 5 aromatic rings. The number of nitrogens with zero attached hydrogens (tertiary/aromatic N) is 1. The molecule has 0 saturated carbocycles. The second-order valence-electron chi connectivity index (χ2n) is 10.9. The maximum atomic E-state index is 6.70. The first kappa shape index (κ1) is 21.2. The predicted molar refractivity (Wildman–Crippen MR) is 141 cm³/mol. The van der Waals surface area contributed by atoms with Gasteiger partial charge in [0.1, 0.15) is 18.2 Å². The van der Waals surface area contributed by atoms with E-state index in [4.69, 9.17) is 4.42 Å². The van der Waals surface area contributed by atoms with Crippen molar-refractivity contribution in [3.63, 3.8) is 0 Å². The van der Waals surface area contributed by atoms with Crippen LogP contribution >= 0.6 is 0 Å². The second kappa shape index (κ2) is 7.06. The molecule has 2 heteroatoms. The van der Waals surface area contributed by atoms with Crippen LogP contribution in [0.15, 0.2) is 65.2 Å². The lowest BCUT2D eigenvalue weighted by Crippen LogP contribution is -2.32. The normalized spacial score (nSPS) is 14.2. The van der Waals surface area contributed by atoms with Gasteiger partial charge in [0, 0.05) is 27.8 Å². The first-order valence-electron chi connectivity index (χ1n) is 12.3. The lowest BCUT2D eigenvalue weighted by Gasteiger charge is -2.21. The van der Waals surface area contributed by atoms with Gasteiger partial charge in [-0.05, 0) is 65.3 Å². The van der Waals surface area contributed by atoms with Crippen LogP contribution in [0, 0.1) is 13.8 Å². The number of aromatic nitrogens is 1.